The van der Waals surface area contributed by atoms with Gasteiger partial charge in [0, 0.05) is 32.1 Å². The molecule has 6 heteroatoms. The van der Waals surface area contributed by atoms with E-state index in [-0.39, 0.29) is 30.8 Å². The van der Waals surface area contributed by atoms with Crippen molar-refractivity contribution in [3.8, 4) is 0 Å². The molecular weight excluding hydrogens is 350 g/mol. The van der Waals surface area contributed by atoms with Crippen LogP contribution in [0.2, 0.25) is 0 Å². The predicted molar refractivity (Wildman–Crippen MR) is 96.1 cm³/mol. The maximum absolute atomic E-state index is 13.8. The van der Waals surface area contributed by atoms with Crippen LogP contribution in [0.3, 0.4) is 0 Å². The summed E-state index contributed by atoms with van der Waals surface area (Å²) in [5.41, 5.74) is 0.656. The van der Waals surface area contributed by atoms with Gasteiger partial charge >= 0.3 is 0 Å². The number of benzene rings is 2. The highest BCUT2D eigenvalue weighted by molar-refractivity contribution is 5.95. The van der Waals surface area contributed by atoms with Gasteiger partial charge in [0.05, 0.1) is 0 Å². The summed E-state index contributed by atoms with van der Waals surface area (Å²) in [6.45, 7) is 1.33. The fourth-order valence-corrected chi connectivity index (χ4v) is 3.76. The van der Waals surface area contributed by atoms with E-state index in [1.807, 2.05) is 30.3 Å². The number of carbonyl (C=O) groups is 2. The van der Waals surface area contributed by atoms with Gasteiger partial charge in [0.2, 0.25) is 5.91 Å². The van der Waals surface area contributed by atoms with E-state index in [0.717, 1.165) is 18.6 Å². The number of carbonyl (C=O) groups excluding carboxylic acids is 2. The molecule has 1 aliphatic carbocycles. The van der Waals surface area contributed by atoms with Gasteiger partial charge in [-0.3, -0.25) is 9.59 Å². The monoisotopic (exact) mass is 370 g/mol. The summed E-state index contributed by atoms with van der Waals surface area (Å²) in [6.07, 6.45) is 0.850. The van der Waals surface area contributed by atoms with Gasteiger partial charge in [-0.15, -0.1) is 0 Å². The molecule has 2 aromatic carbocycles. The highest BCUT2D eigenvalue weighted by Crippen LogP contribution is 2.48. The molecule has 1 saturated carbocycles. The lowest BCUT2D eigenvalue weighted by Gasteiger charge is -2.35. The zero-order valence-corrected chi connectivity index (χ0v) is 14.8. The molecule has 2 atom stereocenters. The van der Waals surface area contributed by atoms with Crippen LogP contribution in [0.5, 0.6) is 0 Å². The van der Waals surface area contributed by atoms with Gasteiger partial charge in [0.15, 0.2) is 0 Å². The van der Waals surface area contributed by atoms with Crippen LogP contribution in [0.4, 0.5) is 8.78 Å². The van der Waals surface area contributed by atoms with Crippen LogP contribution < -0.4 is 0 Å². The number of piperazine rings is 1. The van der Waals surface area contributed by atoms with Crippen molar-refractivity contribution in [3.05, 3.63) is 71.3 Å². The summed E-state index contributed by atoms with van der Waals surface area (Å²) in [6, 6.07) is 13.4. The van der Waals surface area contributed by atoms with Crippen molar-refractivity contribution in [2.45, 2.75) is 12.3 Å². The summed E-state index contributed by atoms with van der Waals surface area (Å²) in [7, 11) is 0. The van der Waals surface area contributed by atoms with Crippen molar-refractivity contribution in [3.63, 3.8) is 0 Å². The van der Waals surface area contributed by atoms with Crippen molar-refractivity contribution < 1.29 is 18.4 Å². The second-order valence-corrected chi connectivity index (χ2v) is 7.07. The first kappa shape index (κ1) is 17.6. The van der Waals surface area contributed by atoms with Gasteiger partial charge < -0.3 is 9.80 Å². The van der Waals surface area contributed by atoms with E-state index in [1.54, 1.807) is 4.90 Å². The minimum Gasteiger partial charge on any atom is -0.339 e. The summed E-state index contributed by atoms with van der Waals surface area (Å²) in [5.74, 6) is -2.01. The normalized spacial score (nSPS) is 21.9. The number of rotatable bonds is 3. The Morgan fingerprint density at radius 1 is 0.815 bits per heavy atom. The Balaban J connectivity index is 1.35. The third kappa shape index (κ3) is 3.44. The Kier molecular flexibility index (Phi) is 4.64. The Morgan fingerprint density at radius 2 is 1.41 bits per heavy atom. The first-order valence-corrected chi connectivity index (χ1v) is 9.13. The van der Waals surface area contributed by atoms with Crippen LogP contribution in [-0.2, 0) is 4.79 Å². The van der Waals surface area contributed by atoms with Crippen LogP contribution in [-0.4, -0.2) is 47.8 Å². The molecule has 140 valence electrons. The summed E-state index contributed by atoms with van der Waals surface area (Å²) in [4.78, 5) is 28.3. The third-order valence-corrected chi connectivity index (χ3v) is 5.39. The molecule has 0 radical (unpaired) electrons. The molecule has 4 nitrogen and oxygen atoms in total. The lowest BCUT2D eigenvalue weighted by atomic mass is 10.1. The van der Waals surface area contributed by atoms with E-state index >= 15 is 0 Å². The van der Waals surface area contributed by atoms with E-state index < -0.39 is 23.1 Å². The van der Waals surface area contributed by atoms with E-state index in [9.17, 15) is 18.4 Å². The quantitative estimate of drug-likeness (QED) is 0.833. The smallest absolute Gasteiger partial charge is 0.259 e. The molecule has 1 saturated heterocycles. The molecule has 27 heavy (non-hydrogen) atoms. The van der Waals surface area contributed by atoms with Crippen molar-refractivity contribution >= 4 is 11.8 Å². The minimum absolute atomic E-state index is 0.00124. The van der Waals surface area contributed by atoms with Gasteiger partial charge in [0.25, 0.3) is 5.91 Å². The molecule has 1 heterocycles. The zero-order chi connectivity index (χ0) is 19.0. The fourth-order valence-electron chi connectivity index (χ4n) is 3.76. The maximum atomic E-state index is 13.8. The van der Waals surface area contributed by atoms with Gasteiger partial charge in [0.1, 0.15) is 17.2 Å². The van der Waals surface area contributed by atoms with Crippen LogP contribution in [0, 0.1) is 17.6 Å². The standard InChI is InChI=1S/C21H20F2N2O2/c22-17-7-4-8-18(23)19(17)21(27)25-11-9-24(10-12-25)20(26)16-13-15(16)14-5-2-1-3-6-14/h1-8,15-16H,9-13H2. The first-order valence-electron chi connectivity index (χ1n) is 9.13. The molecule has 0 N–H and O–H groups in total. The van der Waals surface area contributed by atoms with Gasteiger partial charge in [-0.25, -0.2) is 8.78 Å². The fraction of sp³-hybridized carbons (Fsp3) is 0.333. The molecule has 2 unspecified atom stereocenters. The molecule has 2 amide bonds. The van der Waals surface area contributed by atoms with Crippen molar-refractivity contribution in [1.29, 1.82) is 0 Å². The minimum atomic E-state index is -0.859. The first-order chi connectivity index (χ1) is 13.1. The topological polar surface area (TPSA) is 40.6 Å². The summed E-state index contributed by atoms with van der Waals surface area (Å²) < 4.78 is 27.7. The molecular formula is C21H20F2N2O2. The maximum Gasteiger partial charge on any atom is 0.259 e. The average Bonchev–Trinajstić information content (AvgIpc) is 3.49. The largest absolute Gasteiger partial charge is 0.339 e. The van der Waals surface area contributed by atoms with Crippen molar-refractivity contribution in [2.75, 3.05) is 26.2 Å². The highest BCUT2D eigenvalue weighted by Gasteiger charge is 2.46. The van der Waals surface area contributed by atoms with E-state index in [1.165, 1.54) is 16.5 Å². The average molecular weight is 370 g/mol. The third-order valence-electron chi connectivity index (χ3n) is 5.39. The second kappa shape index (κ2) is 7.10. The number of nitrogens with zero attached hydrogens (tertiary/aromatic N) is 2. The Bertz CT molecular complexity index is 843. The molecule has 4 rings (SSSR count). The van der Waals surface area contributed by atoms with Gasteiger partial charge in [-0.05, 0) is 30.0 Å². The molecule has 2 aromatic rings. The molecule has 2 aliphatic rings. The van der Waals surface area contributed by atoms with E-state index in [2.05, 4.69) is 0 Å². The van der Waals surface area contributed by atoms with E-state index in [0.29, 0.717) is 13.1 Å². The second-order valence-electron chi connectivity index (χ2n) is 7.07. The number of amides is 2. The lowest BCUT2D eigenvalue weighted by molar-refractivity contribution is -0.134. The zero-order valence-electron chi connectivity index (χ0n) is 14.8. The summed E-state index contributed by atoms with van der Waals surface area (Å²) >= 11 is 0. The summed E-state index contributed by atoms with van der Waals surface area (Å²) in [5, 5.41) is 0. The van der Waals surface area contributed by atoms with Crippen molar-refractivity contribution in [2.24, 2.45) is 5.92 Å². The lowest BCUT2D eigenvalue weighted by Crippen LogP contribution is -2.51. The Labute approximate surface area is 156 Å². The molecule has 0 aromatic heterocycles. The van der Waals surface area contributed by atoms with Gasteiger partial charge in [-0.1, -0.05) is 36.4 Å². The van der Waals surface area contributed by atoms with E-state index in [4.69, 9.17) is 0 Å². The van der Waals surface area contributed by atoms with Gasteiger partial charge in [-0.2, -0.15) is 0 Å². The molecule has 0 spiro atoms. The van der Waals surface area contributed by atoms with Crippen molar-refractivity contribution in [1.82, 2.24) is 9.80 Å². The number of hydrogen-bond acceptors (Lipinski definition) is 2. The predicted octanol–water partition coefficient (Wildman–Crippen LogP) is 3.05. The SMILES string of the molecule is O=C(c1c(F)cccc1F)N1CCN(C(=O)C2CC2c2ccccc2)CC1. The Morgan fingerprint density at radius 3 is 2.04 bits per heavy atom. The molecule has 0 bridgehead atoms. The molecule has 1 aliphatic heterocycles. The van der Waals surface area contributed by atoms with Crippen LogP contribution in [0.15, 0.2) is 48.5 Å². The number of hydrogen-bond donors (Lipinski definition) is 0. The Hall–Kier alpha value is -2.76. The number of halogens is 2. The highest BCUT2D eigenvalue weighted by atomic mass is 19.1. The van der Waals surface area contributed by atoms with Crippen LogP contribution in [0.25, 0.3) is 0 Å². The molecule has 2 fully saturated rings. The van der Waals surface area contributed by atoms with Crippen LogP contribution in [0.1, 0.15) is 28.3 Å². The van der Waals surface area contributed by atoms with Crippen LogP contribution >= 0.6 is 0 Å².